The van der Waals surface area contributed by atoms with E-state index in [-0.39, 0.29) is 5.41 Å². The van der Waals surface area contributed by atoms with Crippen LogP contribution in [0.4, 0.5) is 17.1 Å². The summed E-state index contributed by atoms with van der Waals surface area (Å²) < 4.78 is 20.0. The molecule has 13 rings (SSSR count). The van der Waals surface area contributed by atoms with Gasteiger partial charge in [-0.1, -0.05) is 141 Å². The molecule has 0 radical (unpaired) electrons. The lowest BCUT2D eigenvalue weighted by Crippen LogP contribution is -2.16. The second-order valence-electron chi connectivity index (χ2n) is 16.8. The van der Waals surface area contributed by atoms with E-state index < -0.39 is 0 Å². The Bertz CT molecular complexity index is 3730. The fourth-order valence-electron chi connectivity index (χ4n) is 10.2. The van der Waals surface area contributed by atoms with Crippen LogP contribution in [0.15, 0.2) is 201 Å². The summed E-state index contributed by atoms with van der Waals surface area (Å²) in [4.78, 5) is 2.36. The van der Waals surface area contributed by atoms with E-state index in [1.807, 2.05) is 24.3 Å². The number of benzene rings is 9. The molecule has 12 aromatic rings. The molecule has 0 saturated heterocycles. The van der Waals surface area contributed by atoms with Gasteiger partial charge in [-0.25, -0.2) is 0 Å². The van der Waals surface area contributed by atoms with Gasteiger partial charge in [-0.15, -0.1) is 0 Å². The van der Waals surface area contributed by atoms with Crippen molar-refractivity contribution in [3.05, 3.63) is 199 Å². The third-order valence-electron chi connectivity index (χ3n) is 13.1. The third-order valence-corrected chi connectivity index (χ3v) is 13.1. The number of furan rings is 3. The van der Waals surface area contributed by atoms with E-state index in [1.54, 1.807) is 0 Å². The molecule has 1 aliphatic rings. The topological polar surface area (TPSA) is 42.7 Å². The molecule has 0 N–H and O–H groups in total. The molecule has 4 heteroatoms. The zero-order valence-corrected chi connectivity index (χ0v) is 33.6. The van der Waals surface area contributed by atoms with Crippen molar-refractivity contribution in [2.45, 2.75) is 19.3 Å². The summed E-state index contributed by atoms with van der Waals surface area (Å²) in [6.07, 6.45) is 0. The average Bonchev–Trinajstić information content (AvgIpc) is 4.04. The summed E-state index contributed by atoms with van der Waals surface area (Å²) in [5, 5.41) is 6.46. The van der Waals surface area contributed by atoms with Gasteiger partial charge in [0.25, 0.3) is 0 Å². The fraction of sp³-hybridized carbons (Fsp3) is 0.0526. The minimum Gasteiger partial charge on any atom is -0.456 e. The first-order chi connectivity index (χ1) is 30.0. The van der Waals surface area contributed by atoms with Crippen LogP contribution in [0.1, 0.15) is 25.0 Å². The van der Waals surface area contributed by atoms with Gasteiger partial charge in [0.2, 0.25) is 0 Å². The first-order valence-corrected chi connectivity index (χ1v) is 20.9. The first-order valence-electron chi connectivity index (χ1n) is 20.9. The van der Waals surface area contributed by atoms with Crippen LogP contribution in [0.5, 0.6) is 0 Å². The minimum atomic E-state index is -0.152. The lowest BCUT2D eigenvalue weighted by molar-refractivity contribution is 0.660. The van der Waals surface area contributed by atoms with Gasteiger partial charge < -0.3 is 18.2 Å². The van der Waals surface area contributed by atoms with E-state index in [9.17, 15) is 0 Å². The van der Waals surface area contributed by atoms with Crippen molar-refractivity contribution in [3.63, 3.8) is 0 Å². The maximum Gasteiger partial charge on any atom is 0.144 e. The highest BCUT2D eigenvalue weighted by atomic mass is 16.3. The van der Waals surface area contributed by atoms with Crippen LogP contribution in [0.2, 0.25) is 0 Å². The Morgan fingerprint density at radius 3 is 1.84 bits per heavy atom. The van der Waals surface area contributed by atoms with Crippen LogP contribution >= 0.6 is 0 Å². The molecule has 3 aromatic heterocycles. The second-order valence-corrected chi connectivity index (χ2v) is 16.8. The van der Waals surface area contributed by atoms with E-state index in [2.05, 4.69) is 183 Å². The SMILES string of the molecule is CC1(C)c2ccccc2-c2ccc(N(c3ccc(-c4cccc5c4oc4ccccc45)cc3)c3ccc4c(c3)oc3c(-c5ccccc5)c5c(cc34)oc3ccccc35)cc21. The fourth-order valence-corrected chi connectivity index (χ4v) is 10.2. The van der Waals surface area contributed by atoms with Gasteiger partial charge in [0.15, 0.2) is 0 Å². The van der Waals surface area contributed by atoms with Gasteiger partial charge in [0.1, 0.15) is 33.5 Å². The standard InChI is InChI=1S/C57H37NO3/c1-57(2)47-20-9-6-15-40(47)41-29-27-37(31-48(41)57)58(36-25-23-34(24-26-36)39-18-12-19-44-42-16-7-10-21-49(42)60-55(39)44)38-28-30-43-46-33-52-54(45-17-8-11-22-50(45)59-52)53(35-13-4-3-5-14-35)56(46)61-51(43)32-38/h3-33H,1-2H3. The Morgan fingerprint density at radius 1 is 0.361 bits per heavy atom. The molecule has 0 bridgehead atoms. The van der Waals surface area contributed by atoms with E-state index in [0.717, 1.165) is 105 Å². The first kappa shape index (κ1) is 34.1. The van der Waals surface area contributed by atoms with Crippen molar-refractivity contribution < 1.29 is 13.3 Å². The summed E-state index contributed by atoms with van der Waals surface area (Å²) in [6.45, 7) is 4.67. The molecule has 1 aliphatic carbocycles. The molecule has 3 heterocycles. The van der Waals surface area contributed by atoms with Crippen molar-refractivity contribution in [3.8, 4) is 33.4 Å². The van der Waals surface area contributed by atoms with Crippen molar-refractivity contribution in [2.24, 2.45) is 0 Å². The zero-order valence-electron chi connectivity index (χ0n) is 33.6. The predicted octanol–water partition coefficient (Wildman–Crippen LogP) is 16.5. The molecule has 0 aliphatic heterocycles. The summed E-state index contributed by atoms with van der Waals surface area (Å²) >= 11 is 0. The molecule has 288 valence electrons. The number of rotatable bonds is 5. The number of fused-ring (bicyclic) bond motifs is 12. The molecular formula is C57H37NO3. The van der Waals surface area contributed by atoms with Crippen LogP contribution in [0.25, 0.3) is 99.2 Å². The van der Waals surface area contributed by atoms with E-state index in [0.29, 0.717) is 0 Å². The lowest BCUT2D eigenvalue weighted by atomic mass is 9.82. The van der Waals surface area contributed by atoms with Crippen molar-refractivity contribution >= 4 is 82.9 Å². The van der Waals surface area contributed by atoms with Gasteiger partial charge in [-0.2, -0.15) is 0 Å². The maximum atomic E-state index is 7.04. The van der Waals surface area contributed by atoms with Crippen LogP contribution in [0.3, 0.4) is 0 Å². The van der Waals surface area contributed by atoms with Crippen molar-refractivity contribution in [1.29, 1.82) is 0 Å². The Kier molecular flexibility index (Phi) is 7.04. The Morgan fingerprint density at radius 2 is 0.984 bits per heavy atom. The molecule has 0 spiro atoms. The Balaban J connectivity index is 1.01. The Hall–Kier alpha value is -7.82. The largest absolute Gasteiger partial charge is 0.456 e. The maximum absolute atomic E-state index is 7.04. The molecule has 61 heavy (non-hydrogen) atoms. The smallest absolute Gasteiger partial charge is 0.144 e. The average molecular weight is 784 g/mol. The number of nitrogens with zero attached hydrogens (tertiary/aromatic N) is 1. The van der Waals surface area contributed by atoms with Gasteiger partial charge >= 0.3 is 0 Å². The zero-order chi connectivity index (χ0) is 40.4. The second kappa shape index (κ2) is 12.6. The molecule has 0 amide bonds. The van der Waals surface area contributed by atoms with Gasteiger partial charge in [-0.3, -0.25) is 0 Å². The molecule has 0 unspecified atom stereocenters. The molecule has 0 atom stereocenters. The van der Waals surface area contributed by atoms with Crippen molar-refractivity contribution in [2.75, 3.05) is 4.90 Å². The molecule has 9 aromatic carbocycles. The molecular weight excluding hydrogens is 747 g/mol. The van der Waals surface area contributed by atoms with Crippen molar-refractivity contribution in [1.82, 2.24) is 0 Å². The number of para-hydroxylation sites is 3. The monoisotopic (exact) mass is 783 g/mol. The quantitative estimate of drug-likeness (QED) is 0.174. The summed E-state index contributed by atoms with van der Waals surface area (Å²) in [6, 6.07) is 66.9. The normalized spacial score (nSPS) is 13.2. The molecule has 0 fully saturated rings. The highest BCUT2D eigenvalue weighted by molar-refractivity contribution is 6.23. The van der Waals surface area contributed by atoms with Gasteiger partial charge in [-0.05, 0) is 88.0 Å². The predicted molar refractivity (Wildman–Crippen MR) is 251 cm³/mol. The highest BCUT2D eigenvalue weighted by Gasteiger charge is 2.36. The van der Waals surface area contributed by atoms with E-state index in [4.69, 9.17) is 13.3 Å². The van der Waals surface area contributed by atoms with Crippen LogP contribution in [0, 0.1) is 0 Å². The number of hydrogen-bond acceptors (Lipinski definition) is 4. The summed E-state index contributed by atoms with van der Waals surface area (Å²) in [5.41, 5.74) is 17.7. The number of anilines is 3. The van der Waals surface area contributed by atoms with Crippen LogP contribution in [-0.4, -0.2) is 0 Å². The van der Waals surface area contributed by atoms with Crippen LogP contribution < -0.4 is 4.90 Å². The van der Waals surface area contributed by atoms with Gasteiger partial charge in [0, 0.05) is 72.0 Å². The van der Waals surface area contributed by atoms with E-state index >= 15 is 0 Å². The van der Waals surface area contributed by atoms with Gasteiger partial charge in [0.05, 0.1) is 0 Å². The summed E-state index contributed by atoms with van der Waals surface area (Å²) in [5.74, 6) is 0. The minimum absolute atomic E-state index is 0.152. The third kappa shape index (κ3) is 4.93. The highest BCUT2D eigenvalue weighted by Crippen LogP contribution is 2.51. The van der Waals surface area contributed by atoms with Crippen LogP contribution in [-0.2, 0) is 5.41 Å². The van der Waals surface area contributed by atoms with E-state index in [1.165, 1.54) is 22.3 Å². The lowest BCUT2D eigenvalue weighted by Gasteiger charge is -2.28. The molecule has 0 saturated carbocycles. The summed E-state index contributed by atoms with van der Waals surface area (Å²) in [7, 11) is 0. The molecule has 4 nitrogen and oxygen atoms in total. The Labute approximate surface area is 351 Å². The number of hydrogen-bond donors (Lipinski definition) is 0.